The number of carbonyl (C=O) groups excluding carboxylic acids is 2. The first kappa shape index (κ1) is 12.5. The predicted molar refractivity (Wildman–Crippen MR) is 78.7 cm³/mol. The molecule has 0 radical (unpaired) electrons. The molecule has 1 saturated carbocycles. The van der Waals surface area contributed by atoms with E-state index in [1.54, 1.807) is 0 Å². The molecule has 96 valence electrons. The Balaban J connectivity index is 2.22. The van der Waals surface area contributed by atoms with Crippen LogP contribution in [0.4, 0.5) is 0 Å². The van der Waals surface area contributed by atoms with Crippen LogP contribution in [0, 0.1) is 0 Å². The van der Waals surface area contributed by atoms with Gasteiger partial charge in [-0.1, -0.05) is 52.3 Å². The fraction of sp³-hybridized carbons (Fsp3) is 0.250. The smallest absolute Gasteiger partial charge is 0.152 e. The number of carbonyl (C=O) groups is 2. The second-order valence-corrected chi connectivity index (χ2v) is 5.51. The summed E-state index contributed by atoms with van der Waals surface area (Å²) in [5, 5.41) is 2.55. The maximum Gasteiger partial charge on any atom is 0.152 e. The normalized spacial score (nSPS) is 18.2. The minimum atomic E-state index is -0.968. The molecule has 2 aromatic carbocycles. The molecule has 1 fully saturated rings. The van der Waals surface area contributed by atoms with Gasteiger partial charge in [0.2, 0.25) is 0 Å². The van der Waals surface area contributed by atoms with Crippen LogP contribution in [0.15, 0.2) is 42.5 Å². The van der Waals surface area contributed by atoms with Gasteiger partial charge < -0.3 is 0 Å². The van der Waals surface area contributed by atoms with Crippen LogP contribution < -0.4 is 0 Å². The highest BCUT2D eigenvalue weighted by Gasteiger charge is 2.49. The Kier molecular flexibility index (Phi) is 3.02. The summed E-state index contributed by atoms with van der Waals surface area (Å²) >= 11 is 3.37. The minimum Gasteiger partial charge on any atom is -0.298 e. The van der Waals surface area contributed by atoms with E-state index in [4.69, 9.17) is 0 Å². The molecule has 1 aliphatic rings. The highest BCUT2D eigenvalue weighted by Crippen LogP contribution is 2.38. The molecule has 3 rings (SSSR count). The fourth-order valence-electron chi connectivity index (χ4n) is 2.81. The number of Topliss-reactive ketones (excluding diaryl/α,β-unsaturated/α-hetero) is 2. The quantitative estimate of drug-likeness (QED) is 0.628. The molecular formula is C16H13BrO2. The second kappa shape index (κ2) is 4.57. The second-order valence-electron chi connectivity index (χ2n) is 4.95. The van der Waals surface area contributed by atoms with Gasteiger partial charge in [0.25, 0.3) is 0 Å². The molecule has 1 aliphatic carbocycles. The highest BCUT2D eigenvalue weighted by atomic mass is 79.9. The Morgan fingerprint density at radius 1 is 0.947 bits per heavy atom. The molecule has 0 amide bonds. The van der Waals surface area contributed by atoms with E-state index >= 15 is 0 Å². The molecule has 0 N–H and O–H groups in total. The van der Waals surface area contributed by atoms with Crippen molar-refractivity contribution in [1.82, 2.24) is 0 Å². The van der Waals surface area contributed by atoms with Crippen LogP contribution in [0.25, 0.3) is 10.8 Å². The topological polar surface area (TPSA) is 34.1 Å². The van der Waals surface area contributed by atoms with Gasteiger partial charge in [0.1, 0.15) is 5.41 Å². The van der Waals surface area contributed by atoms with Gasteiger partial charge in [-0.15, -0.1) is 0 Å². The van der Waals surface area contributed by atoms with Gasteiger partial charge in [-0.2, -0.15) is 0 Å². The molecule has 0 saturated heterocycles. The van der Waals surface area contributed by atoms with Crippen LogP contribution in [-0.4, -0.2) is 16.9 Å². The van der Waals surface area contributed by atoms with E-state index < -0.39 is 5.41 Å². The van der Waals surface area contributed by atoms with Crippen molar-refractivity contribution < 1.29 is 9.59 Å². The van der Waals surface area contributed by atoms with Crippen molar-refractivity contribution in [3.63, 3.8) is 0 Å². The summed E-state index contributed by atoms with van der Waals surface area (Å²) in [5.74, 6) is 0.0642. The molecule has 0 heterocycles. The molecule has 0 bridgehead atoms. The third kappa shape index (κ3) is 1.76. The van der Waals surface area contributed by atoms with Gasteiger partial charge in [0.05, 0.1) is 0 Å². The van der Waals surface area contributed by atoms with Crippen molar-refractivity contribution in [1.29, 1.82) is 0 Å². The van der Waals surface area contributed by atoms with Gasteiger partial charge in [-0.3, -0.25) is 9.59 Å². The van der Waals surface area contributed by atoms with Gasteiger partial charge in [-0.25, -0.2) is 0 Å². The van der Waals surface area contributed by atoms with Crippen LogP contribution in [0.1, 0.15) is 18.4 Å². The zero-order chi connectivity index (χ0) is 13.5. The van der Waals surface area contributed by atoms with Crippen LogP contribution in [0.3, 0.4) is 0 Å². The van der Waals surface area contributed by atoms with Crippen molar-refractivity contribution in [2.24, 2.45) is 0 Å². The van der Waals surface area contributed by atoms with Gasteiger partial charge in [0, 0.05) is 18.2 Å². The zero-order valence-corrected chi connectivity index (χ0v) is 11.9. The van der Waals surface area contributed by atoms with Gasteiger partial charge in [0.15, 0.2) is 11.6 Å². The summed E-state index contributed by atoms with van der Waals surface area (Å²) < 4.78 is 0. The molecule has 0 unspecified atom stereocenters. The lowest BCUT2D eigenvalue weighted by Gasteiger charge is -2.24. The molecule has 0 aliphatic heterocycles. The van der Waals surface area contributed by atoms with E-state index in [0.29, 0.717) is 18.2 Å². The number of benzene rings is 2. The summed E-state index contributed by atoms with van der Waals surface area (Å²) in [6.07, 6.45) is 0.717. The van der Waals surface area contributed by atoms with E-state index in [1.807, 2.05) is 42.5 Å². The molecule has 0 spiro atoms. The van der Waals surface area contributed by atoms with E-state index in [9.17, 15) is 9.59 Å². The Labute approximate surface area is 119 Å². The Hall–Kier alpha value is -1.48. The number of hydrogen-bond acceptors (Lipinski definition) is 2. The number of fused-ring (bicyclic) bond motifs is 1. The lowest BCUT2D eigenvalue weighted by molar-refractivity contribution is -0.128. The molecule has 2 nitrogen and oxygen atoms in total. The first-order chi connectivity index (χ1) is 9.18. The van der Waals surface area contributed by atoms with Crippen molar-refractivity contribution in [3.05, 3.63) is 48.0 Å². The Bertz CT molecular complexity index is 659. The van der Waals surface area contributed by atoms with E-state index in [-0.39, 0.29) is 11.6 Å². The molecule has 2 aromatic rings. The maximum atomic E-state index is 12.2. The average molecular weight is 317 g/mol. The standard InChI is InChI=1S/C16H13BrO2/c17-10-16(14(18)7-8-15(16)19)13-6-5-11-3-1-2-4-12(11)9-13/h1-6,9H,7-8,10H2. The maximum absolute atomic E-state index is 12.2. The molecule has 19 heavy (non-hydrogen) atoms. The zero-order valence-electron chi connectivity index (χ0n) is 10.4. The molecular weight excluding hydrogens is 304 g/mol. The van der Waals surface area contributed by atoms with E-state index in [0.717, 1.165) is 16.3 Å². The van der Waals surface area contributed by atoms with E-state index in [2.05, 4.69) is 15.9 Å². The summed E-state index contributed by atoms with van der Waals surface area (Å²) in [5.41, 5.74) is -0.153. The van der Waals surface area contributed by atoms with Crippen LogP contribution in [-0.2, 0) is 15.0 Å². The summed E-state index contributed by atoms with van der Waals surface area (Å²) in [7, 11) is 0. The van der Waals surface area contributed by atoms with Gasteiger partial charge in [-0.05, 0) is 22.4 Å². The number of ketones is 2. The number of rotatable bonds is 2. The number of alkyl halides is 1. The lowest BCUT2D eigenvalue weighted by Crippen LogP contribution is -2.39. The first-order valence-corrected chi connectivity index (χ1v) is 7.42. The SMILES string of the molecule is O=C1CCC(=O)C1(CBr)c1ccc2ccccc2c1. The van der Waals surface area contributed by atoms with E-state index in [1.165, 1.54) is 0 Å². The summed E-state index contributed by atoms with van der Waals surface area (Å²) in [6.45, 7) is 0. The third-order valence-electron chi connectivity index (χ3n) is 3.97. The van der Waals surface area contributed by atoms with Crippen molar-refractivity contribution in [2.75, 3.05) is 5.33 Å². The molecule has 0 atom stereocenters. The first-order valence-electron chi connectivity index (χ1n) is 6.30. The third-order valence-corrected chi connectivity index (χ3v) is 4.81. The van der Waals surface area contributed by atoms with Crippen molar-refractivity contribution in [3.8, 4) is 0 Å². The predicted octanol–water partition coefficient (Wildman–Crippen LogP) is 3.40. The number of hydrogen-bond donors (Lipinski definition) is 0. The minimum absolute atomic E-state index is 0.0321. The van der Waals surface area contributed by atoms with Crippen molar-refractivity contribution >= 4 is 38.3 Å². The van der Waals surface area contributed by atoms with Crippen LogP contribution >= 0.6 is 15.9 Å². The van der Waals surface area contributed by atoms with Crippen LogP contribution in [0.2, 0.25) is 0 Å². The monoisotopic (exact) mass is 316 g/mol. The van der Waals surface area contributed by atoms with Gasteiger partial charge >= 0.3 is 0 Å². The van der Waals surface area contributed by atoms with Crippen LogP contribution in [0.5, 0.6) is 0 Å². The lowest BCUT2D eigenvalue weighted by atomic mass is 9.78. The summed E-state index contributed by atoms with van der Waals surface area (Å²) in [6, 6.07) is 13.8. The number of halogens is 1. The fourth-order valence-corrected chi connectivity index (χ4v) is 3.76. The molecule has 3 heteroatoms. The molecule has 0 aromatic heterocycles. The highest BCUT2D eigenvalue weighted by molar-refractivity contribution is 9.09. The summed E-state index contributed by atoms with van der Waals surface area (Å²) in [4.78, 5) is 24.4. The largest absolute Gasteiger partial charge is 0.298 e. The Morgan fingerprint density at radius 3 is 2.21 bits per heavy atom. The average Bonchev–Trinajstić information content (AvgIpc) is 2.74. The van der Waals surface area contributed by atoms with Crippen molar-refractivity contribution in [2.45, 2.75) is 18.3 Å². The Morgan fingerprint density at radius 2 is 1.58 bits per heavy atom.